The summed E-state index contributed by atoms with van der Waals surface area (Å²) in [4.78, 5) is 0. The van der Waals surface area contributed by atoms with Gasteiger partial charge in [0, 0.05) is 0 Å². The van der Waals surface area contributed by atoms with Crippen molar-refractivity contribution in [1.82, 2.24) is 0 Å². The molecule has 0 aromatic heterocycles. The molecule has 0 nitrogen and oxygen atoms in total. The Balaban J connectivity index is 1.84. The Morgan fingerprint density at radius 2 is 1.16 bits per heavy atom. The predicted molar refractivity (Wildman–Crippen MR) is 111 cm³/mol. The van der Waals surface area contributed by atoms with Crippen LogP contribution in [0.1, 0.15) is 87.5 Å². The third-order valence-electron chi connectivity index (χ3n) is 5.36. The highest BCUT2D eigenvalue weighted by Crippen LogP contribution is 2.27. The molecule has 0 radical (unpaired) electrons. The molecule has 0 aliphatic carbocycles. The lowest BCUT2D eigenvalue weighted by molar-refractivity contribution is 0.541. The summed E-state index contributed by atoms with van der Waals surface area (Å²) < 4.78 is 0. The van der Waals surface area contributed by atoms with Gasteiger partial charge in [-0.05, 0) is 66.7 Å². The molecule has 0 N–H and O–H groups in total. The lowest BCUT2D eigenvalue weighted by atomic mass is 9.89. The zero-order chi connectivity index (χ0) is 17.9. The van der Waals surface area contributed by atoms with Crippen LogP contribution in [0.3, 0.4) is 0 Å². The SMILES string of the molecule is CCCCC(CCC)c1ccc(CCCc2ccc(CC)cc2)cc1. The standard InChI is InChI=1S/C25H36/c1-4-7-12-24(9-5-2)25-19-17-23(18-20-25)11-8-10-22-15-13-21(6-3)14-16-22/h13-20,24H,4-12H2,1-3H3. The normalized spacial score (nSPS) is 12.3. The van der Waals surface area contributed by atoms with Crippen molar-refractivity contribution < 1.29 is 0 Å². The van der Waals surface area contributed by atoms with Gasteiger partial charge in [-0.25, -0.2) is 0 Å². The van der Waals surface area contributed by atoms with Crippen molar-refractivity contribution in [3.05, 3.63) is 70.8 Å². The molecule has 0 heterocycles. The number of rotatable bonds is 11. The van der Waals surface area contributed by atoms with E-state index in [4.69, 9.17) is 0 Å². The molecule has 1 unspecified atom stereocenters. The van der Waals surface area contributed by atoms with Gasteiger partial charge < -0.3 is 0 Å². The lowest BCUT2D eigenvalue weighted by Gasteiger charge is -2.16. The summed E-state index contributed by atoms with van der Waals surface area (Å²) in [5.41, 5.74) is 5.94. The van der Waals surface area contributed by atoms with E-state index in [1.54, 1.807) is 5.56 Å². The molecule has 0 fully saturated rings. The summed E-state index contributed by atoms with van der Waals surface area (Å²) in [6.45, 7) is 6.81. The highest BCUT2D eigenvalue weighted by Gasteiger charge is 2.10. The fourth-order valence-electron chi connectivity index (χ4n) is 3.67. The van der Waals surface area contributed by atoms with Crippen LogP contribution in [0.5, 0.6) is 0 Å². The fourth-order valence-corrected chi connectivity index (χ4v) is 3.67. The highest BCUT2D eigenvalue weighted by atomic mass is 14.1. The molecule has 2 rings (SSSR count). The topological polar surface area (TPSA) is 0 Å². The third-order valence-corrected chi connectivity index (χ3v) is 5.36. The monoisotopic (exact) mass is 336 g/mol. The number of hydrogen-bond acceptors (Lipinski definition) is 0. The molecule has 0 bridgehead atoms. The van der Waals surface area contributed by atoms with E-state index in [2.05, 4.69) is 69.3 Å². The minimum absolute atomic E-state index is 0.760. The van der Waals surface area contributed by atoms with Crippen LogP contribution in [-0.4, -0.2) is 0 Å². The molecule has 0 saturated carbocycles. The highest BCUT2D eigenvalue weighted by molar-refractivity contribution is 5.26. The van der Waals surface area contributed by atoms with E-state index in [0.717, 1.165) is 12.3 Å². The molecule has 0 aliphatic rings. The average molecular weight is 337 g/mol. The third kappa shape index (κ3) is 6.69. The number of hydrogen-bond donors (Lipinski definition) is 0. The van der Waals surface area contributed by atoms with Crippen LogP contribution >= 0.6 is 0 Å². The van der Waals surface area contributed by atoms with Crippen LogP contribution in [0.15, 0.2) is 48.5 Å². The van der Waals surface area contributed by atoms with Gasteiger partial charge in [0.05, 0.1) is 0 Å². The molecule has 25 heavy (non-hydrogen) atoms. The maximum Gasteiger partial charge on any atom is -0.0162 e. The summed E-state index contributed by atoms with van der Waals surface area (Å²) in [5, 5.41) is 0. The molecule has 2 aromatic carbocycles. The van der Waals surface area contributed by atoms with Crippen LogP contribution in [0.4, 0.5) is 0 Å². The fraction of sp³-hybridized carbons (Fsp3) is 0.520. The Kier molecular flexibility index (Phi) is 8.80. The van der Waals surface area contributed by atoms with Crippen molar-refractivity contribution in [1.29, 1.82) is 0 Å². The van der Waals surface area contributed by atoms with Crippen LogP contribution in [0, 0.1) is 0 Å². The maximum absolute atomic E-state index is 2.39. The van der Waals surface area contributed by atoms with Crippen molar-refractivity contribution in [2.75, 3.05) is 0 Å². The van der Waals surface area contributed by atoms with Gasteiger partial charge in [0.2, 0.25) is 0 Å². The molecule has 1 atom stereocenters. The first-order valence-electron chi connectivity index (χ1n) is 10.4. The number of unbranched alkanes of at least 4 members (excludes halogenated alkanes) is 1. The van der Waals surface area contributed by atoms with Crippen LogP contribution < -0.4 is 0 Å². The van der Waals surface area contributed by atoms with E-state index in [1.165, 1.54) is 68.1 Å². The second kappa shape index (κ2) is 11.1. The summed E-state index contributed by atoms with van der Waals surface area (Å²) in [5.74, 6) is 0.760. The van der Waals surface area contributed by atoms with Gasteiger partial charge in [0.1, 0.15) is 0 Å². The van der Waals surface area contributed by atoms with Gasteiger partial charge in [-0.1, -0.05) is 88.6 Å². The minimum atomic E-state index is 0.760. The van der Waals surface area contributed by atoms with Gasteiger partial charge in [-0.15, -0.1) is 0 Å². The van der Waals surface area contributed by atoms with Crippen LogP contribution in [-0.2, 0) is 19.3 Å². The molecule has 2 aromatic rings. The minimum Gasteiger partial charge on any atom is -0.0654 e. The smallest absolute Gasteiger partial charge is 0.0162 e. The van der Waals surface area contributed by atoms with E-state index >= 15 is 0 Å². The lowest BCUT2D eigenvalue weighted by Crippen LogP contribution is -1.99. The Morgan fingerprint density at radius 1 is 0.600 bits per heavy atom. The summed E-state index contributed by atoms with van der Waals surface area (Å²) >= 11 is 0. The van der Waals surface area contributed by atoms with Crippen molar-refractivity contribution in [2.45, 2.75) is 84.5 Å². The van der Waals surface area contributed by atoms with Crippen LogP contribution in [0.2, 0.25) is 0 Å². The zero-order valence-corrected chi connectivity index (χ0v) is 16.6. The molecule has 0 spiro atoms. The molecule has 0 aliphatic heterocycles. The molecule has 0 amide bonds. The van der Waals surface area contributed by atoms with E-state index in [1.807, 2.05) is 0 Å². The first kappa shape index (κ1) is 19.8. The van der Waals surface area contributed by atoms with E-state index < -0.39 is 0 Å². The molecular formula is C25H36. The van der Waals surface area contributed by atoms with E-state index in [9.17, 15) is 0 Å². The van der Waals surface area contributed by atoms with Crippen molar-refractivity contribution in [3.8, 4) is 0 Å². The largest absolute Gasteiger partial charge is 0.0654 e. The Morgan fingerprint density at radius 3 is 1.68 bits per heavy atom. The Hall–Kier alpha value is -1.56. The average Bonchev–Trinajstić information content (AvgIpc) is 2.66. The van der Waals surface area contributed by atoms with Gasteiger partial charge in [0.25, 0.3) is 0 Å². The quantitative estimate of drug-likeness (QED) is 0.398. The predicted octanol–water partition coefficient (Wildman–Crippen LogP) is 7.50. The van der Waals surface area contributed by atoms with Crippen molar-refractivity contribution >= 4 is 0 Å². The second-order valence-corrected chi connectivity index (χ2v) is 7.39. The van der Waals surface area contributed by atoms with E-state index in [0.29, 0.717) is 0 Å². The number of aryl methyl sites for hydroxylation is 3. The van der Waals surface area contributed by atoms with E-state index in [-0.39, 0.29) is 0 Å². The van der Waals surface area contributed by atoms with Crippen molar-refractivity contribution in [2.24, 2.45) is 0 Å². The van der Waals surface area contributed by atoms with Gasteiger partial charge in [-0.3, -0.25) is 0 Å². The molecule has 136 valence electrons. The second-order valence-electron chi connectivity index (χ2n) is 7.39. The molecular weight excluding hydrogens is 300 g/mol. The number of benzene rings is 2. The first-order chi connectivity index (χ1) is 12.3. The summed E-state index contributed by atoms with van der Waals surface area (Å²) in [6, 6.07) is 18.6. The van der Waals surface area contributed by atoms with Crippen molar-refractivity contribution in [3.63, 3.8) is 0 Å². The zero-order valence-electron chi connectivity index (χ0n) is 16.6. The Labute approximate surface area is 155 Å². The van der Waals surface area contributed by atoms with Gasteiger partial charge >= 0.3 is 0 Å². The molecule has 0 heteroatoms. The van der Waals surface area contributed by atoms with Gasteiger partial charge in [-0.2, -0.15) is 0 Å². The molecule has 0 saturated heterocycles. The summed E-state index contributed by atoms with van der Waals surface area (Å²) in [6.07, 6.45) is 11.3. The van der Waals surface area contributed by atoms with Crippen LogP contribution in [0.25, 0.3) is 0 Å². The van der Waals surface area contributed by atoms with Gasteiger partial charge in [0.15, 0.2) is 0 Å². The maximum atomic E-state index is 2.39. The first-order valence-corrected chi connectivity index (χ1v) is 10.4. The summed E-state index contributed by atoms with van der Waals surface area (Å²) in [7, 11) is 0. The Bertz CT molecular complexity index is 576.